The van der Waals surface area contributed by atoms with E-state index in [9.17, 15) is 9.59 Å². The Hall–Kier alpha value is -2.34. The molecule has 0 aromatic heterocycles. The van der Waals surface area contributed by atoms with Crippen molar-refractivity contribution in [1.29, 1.82) is 0 Å². The van der Waals surface area contributed by atoms with Crippen LogP contribution >= 0.6 is 15.9 Å². The Labute approximate surface area is 149 Å². The zero-order valence-electron chi connectivity index (χ0n) is 13.3. The molecule has 0 radical (unpaired) electrons. The number of amides is 3. The number of hydrogen-bond acceptors (Lipinski definition) is 2. The Morgan fingerprint density at radius 2 is 1.96 bits per heavy atom. The molecule has 3 rings (SSSR count). The first-order chi connectivity index (χ1) is 11.5. The Bertz CT molecular complexity index is 761. The molecule has 1 fully saturated rings. The van der Waals surface area contributed by atoms with Crippen LogP contribution < -0.4 is 15.5 Å². The fourth-order valence-electron chi connectivity index (χ4n) is 2.70. The number of carbonyl (C=O) groups is 2. The van der Waals surface area contributed by atoms with Crippen molar-refractivity contribution in [3.8, 4) is 0 Å². The average Bonchev–Trinajstić information content (AvgIpc) is 2.88. The van der Waals surface area contributed by atoms with Gasteiger partial charge in [0, 0.05) is 28.8 Å². The minimum atomic E-state index is -0.309. The van der Waals surface area contributed by atoms with Crippen LogP contribution in [0.4, 0.5) is 16.2 Å². The van der Waals surface area contributed by atoms with Crippen LogP contribution in [-0.4, -0.2) is 24.5 Å². The number of halogens is 1. The molecule has 1 heterocycles. The molecule has 3 amide bonds. The molecule has 0 saturated carbocycles. The number of aryl methyl sites for hydroxylation is 1. The fourth-order valence-corrected chi connectivity index (χ4v) is 3.10. The van der Waals surface area contributed by atoms with Crippen molar-refractivity contribution >= 4 is 39.2 Å². The van der Waals surface area contributed by atoms with E-state index in [2.05, 4.69) is 26.6 Å². The molecule has 0 unspecified atom stereocenters. The van der Waals surface area contributed by atoms with Crippen molar-refractivity contribution in [2.24, 2.45) is 0 Å². The summed E-state index contributed by atoms with van der Waals surface area (Å²) in [4.78, 5) is 26.0. The summed E-state index contributed by atoms with van der Waals surface area (Å²) < 4.78 is 0.891. The molecule has 1 aliphatic rings. The van der Waals surface area contributed by atoms with Crippen molar-refractivity contribution in [3.05, 3.63) is 58.6 Å². The second-order valence-corrected chi connectivity index (χ2v) is 6.77. The maximum absolute atomic E-state index is 12.2. The van der Waals surface area contributed by atoms with Crippen molar-refractivity contribution in [1.82, 2.24) is 5.32 Å². The first kappa shape index (κ1) is 16.5. The van der Waals surface area contributed by atoms with Gasteiger partial charge in [-0.3, -0.25) is 4.79 Å². The third-order valence-corrected chi connectivity index (χ3v) is 4.38. The van der Waals surface area contributed by atoms with E-state index in [0.717, 1.165) is 15.7 Å². The summed E-state index contributed by atoms with van der Waals surface area (Å²) >= 11 is 3.36. The number of carbonyl (C=O) groups excluding carboxylic acids is 2. The molecule has 2 aromatic rings. The van der Waals surface area contributed by atoms with Crippen LogP contribution in [0.15, 0.2) is 53.0 Å². The summed E-state index contributed by atoms with van der Waals surface area (Å²) in [6, 6.07) is 14.7. The van der Waals surface area contributed by atoms with Gasteiger partial charge in [-0.2, -0.15) is 0 Å². The number of nitrogens with zero attached hydrogens (tertiary/aromatic N) is 1. The molecule has 1 atom stereocenters. The average molecular weight is 388 g/mol. The summed E-state index contributed by atoms with van der Waals surface area (Å²) in [6.07, 6.45) is 0.305. The predicted molar refractivity (Wildman–Crippen MR) is 98.2 cm³/mol. The van der Waals surface area contributed by atoms with E-state index in [1.165, 1.54) is 0 Å². The summed E-state index contributed by atoms with van der Waals surface area (Å²) in [5.74, 6) is 0.0200. The van der Waals surface area contributed by atoms with E-state index in [1.54, 1.807) is 4.90 Å². The lowest BCUT2D eigenvalue weighted by Crippen LogP contribution is -2.39. The van der Waals surface area contributed by atoms with E-state index >= 15 is 0 Å². The molecule has 2 N–H and O–H groups in total. The van der Waals surface area contributed by atoms with Gasteiger partial charge < -0.3 is 15.5 Å². The van der Waals surface area contributed by atoms with E-state index in [-0.39, 0.29) is 18.0 Å². The first-order valence-corrected chi connectivity index (χ1v) is 8.51. The lowest BCUT2D eigenvalue weighted by atomic mass is 10.2. The molecular formula is C18H18BrN3O2. The molecule has 0 bridgehead atoms. The summed E-state index contributed by atoms with van der Waals surface area (Å²) in [5.41, 5.74) is 2.71. The normalized spacial score (nSPS) is 17.0. The molecule has 124 valence electrons. The number of hydrogen-bond donors (Lipinski definition) is 2. The van der Waals surface area contributed by atoms with Crippen LogP contribution in [0, 0.1) is 6.92 Å². The zero-order valence-corrected chi connectivity index (χ0v) is 14.8. The molecule has 24 heavy (non-hydrogen) atoms. The standard InChI is InChI=1S/C18H18BrN3O2/c1-12-5-7-16(8-6-12)22-11-15(10-17(22)23)21-18(24)20-14-4-2-3-13(19)9-14/h2-9,15H,10-11H2,1H3,(H2,20,21,24)/t15-/m1/s1. The van der Waals surface area contributed by atoms with Gasteiger partial charge in [0.2, 0.25) is 5.91 Å². The third-order valence-electron chi connectivity index (χ3n) is 3.89. The first-order valence-electron chi connectivity index (χ1n) is 7.71. The van der Waals surface area contributed by atoms with Crippen LogP contribution in [0.25, 0.3) is 0 Å². The van der Waals surface area contributed by atoms with Gasteiger partial charge in [0.25, 0.3) is 0 Å². The smallest absolute Gasteiger partial charge is 0.319 e. The molecular weight excluding hydrogens is 370 g/mol. The van der Waals surface area contributed by atoms with E-state index in [4.69, 9.17) is 0 Å². The van der Waals surface area contributed by atoms with Crippen LogP contribution in [-0.2, 0) is 4.79 Å². The van der Waals surface area contributed by atoms with Crippen LogP contribution in [0.2, 0.25) is 0 Å². The number of anilines is 2. The largest absolute Gasteiger partial charge is 0.333 e. The summed E-state index contributed by atoms with van der Waals surface area (Å²) in [5, 5.41) is 5.64. The van der Waals surface area contributed by atoms with Crippen molar-refractivity contribution in [2.45, 2.75) is 19.4 Å². The fraction of sp³-hybridized carbons (Fsp3) is 0.222. The lowest BCUT2D eigenvalue weighted by Gasteiger charge is -2.17. The highest BCUT2D eigenvalue weighted by Gasteiger charge is 2.31. The van der Waals surface area contributed by atoms with Gasteiger partial charge in [-0.05, 0) is 37.3 Å². The van der Waals surface area contributed by atoms with Crippen LogP contribution in [0.1, 0.15) is 12.0 Å². The highest BCUT2D eigenvalue weighted by atomic mass is 79.9. The van der Waals surface area contributed by atoms with Gasteiger partial charge in [-0.25, -0.2) is 4.79 Å². The molecule has 5 nitrogen and oxygen atoms in total. The Balaban J connectivity index is 1.59. The maximum Gasteiger partial charge on any atom is 0.319 e. The van der Waals surface area contributed by atoms with Crippen molar-refractivity contribution < 1.29 is 9.59 Å². The Morgan fingerprint density at radius 1 is 1.21 bits per heavy atom. The second-order valence-electron chi connectivity index (χ2n) is 5.85. The van der Waals surface area contributed by atoms with Crippen LogP contribution in [0.3, 0.4) is 0 Å². The molecule has 0 spiro atoms. The zero-order chi connectivity index (χ0) is 17.1. The van der Waals surface area contributed by atoms with E-state index in [1.807, 2.05) is 55.5 Å². The van der Waals surface area contributed by atoms with Gasteiger partial charge in [0.15, 0.2) is 0 Å². The number of rotatable bonds is 3. The lowest BCUT2D eigenvalue weighted by molar-refractivity contribution is -0.117. The quantitative estimate of drug-likeness (QED) is 0.843. The van der Waals surface area contributed by atoms with Gasteiger partial charge in [0.05, 0.1) is 6.04 Å². The van der Waals surface area contributed by atoms with E-state index < -0.39 is 0 Å². The van der Waals surface area contributed by atoms with Crippen molar-refractivity contribution in [2.75, 3.05) is 16.8 Å². The molecule has 2 aromatic carbocycles. The summed E-state index contributed by atoms with van der Waals surface area (Å²) in [6.45, 7) is 2.49. The minimum Gasteiger partial charge on any atom is -0.333 e. The third kappa shape index (κ3) is 3.94. The predicted octanol–water partition coefficient (Wildman–Crippen LogP) is 3.68. The van der Waals surface area contributed by atoms with Gasteiger partial charge in [-0.1, -0.05) is 39.7 Å². The molecule has 6 heteroatoms. The van der Waals surface area contributed by atoms with E-state index in [0.29, 0.717) is 18.7 Å². The molecule has 1 saturated heterocycles. The molecule has 1 aliphatic heterocycles. The Morgan fingerprint density at radius 3 is 2.67 bits per heavy atom. The number of urea groups is 1. The number of benzene rings is 2. The van der Waals surface area contributed by atoms with Gasteiger partial charge >= 0.3 is 6.03 Å². The SMILES string of the molecule is Cc1ccc(N2C[C@H](NC(=O)Nc3cccc(Br)c3)CC2=O)cc1. The van der Waals surface area contributed by atoms with Crippen molar-refractivity contribution in [3.63, 3.8) is 0 Å². The monoisotopic (exact) mass is 387 g/mol. The minimum absolute atomic E-state index is 0.0200. The summed E-state index contributed by atoms with van der Waals surface area (Å²) in [7, 11) is 0. The van der Waals surface area contributed by atoms with Gasteiger partial charge in [-0.15, -0.1) is 0 Å². The molecule has 0 aliphatic carbocycles. The maximum atomic E-state index is 12.2. The second kappa shape index (κ2) is 7.05. The van der Waals surface area contributed by atoms with Crippen LogP contribution in [0.5, 0.6) is 0 Å². The topological polar surface area (TPSA) is 61.4 Å². The highest BCUT2D eigenvalue weighted by Crippen LogP contribution is 2.22. The Kier molecular flexibility index (Phi) is 4.85. The number of nitrogens with one attached hydrogen (secondary N) is 2. The van der Waals surface area contributed by atoms with Gasteiger partial charge in [0.1, 0.15) is 0 Å². The highest BCUT2D eigenvalue weighted by molar-refractivity contribution is 9.10.